The van der Waals surface area contributed by atoms with Crippen molar-refractivity contribution in [1.29, 1.82) is 0 Å². The van der Waals surface area contributed by atoms with Gasteiger partial charge in [0.05, 0.1) is 30.6 Å². The second-order valence-electron chi connectivity index (χ2n) is 9.68. The topological polar surface area (TPSA) is 108 Å². The van der Waals surface area contributed by atoms with Crippen LogP contribution in [0.5, 0.6) is 0 Å². The van der Waals surface area contributed by atoms with Gasteiger partial charge in [-0.1, -0.05) is 33.1 Å². The smallest absolute Gasteiger partial charge is 0.246 e. The van der Waals surface area contributed by atoms with Crippen molar-refractivity contribution in [3.63, 3.8) is 0 Å². The largest absolute Gasteiger partial charge is 0.394 e. The maximum Gasteiger partial charge on any atom is 0.246 e. The van der Waals surface area contributed by atoms with E-state index in [4.69, 9.17) is 4.74 Å². The van der Waals surface area contributed by atoms with Crippen LogP contribution in [0.3, 0.4) is 0 Å². The lowest BCUT2D eigenvalue weighted by molar-refractivity contribution is -0.146. The fourth-order valence-corrected chi connectivity index (χ4v) is 6.39. The number of rotatable bonds is 8. The SMILES string of the molecule is CCCNC(=O)[C@@H]1[C@@H]2CCC3(O2)C(C(=O)NC2CCCCC2)N([C@@H](CC)CO)C(=O)[C@H]13. The molecule has 3 aliphatic heterocycles. The second-order valence-corrected chi connectivity index (χ2v) is 9.68. The van der Waals surface area contributed by atoms with Crippen LogP contribution in [0.25, 0.3) is 0 Å². The standard InChI is InChI=1S/C23H37N3O5/c1-3-12-24-20(28)17-16-10-11-23(31-16)18(17)22(30)26(15(4-2)13-27)19(23)21(29)25-14-8-6-5-7-9-14/h14-19,27H,3-13H2,1-2H3,(H,24,28)(H,25,29)/t15-,16-,17+,18-,19?,23?/m0/s1. The van der Waals surface area contributed by atoms with Gasteiger partial charge in [0, 0.05) is 12.6 Å². The molecular weight excluding hydrogens is 398 g/mol. The van der Waals surface area contributed by atoms with Crippen molar-refractivity contribution in [2.45, 2.75) is 101 Å². The number of likely N-dealkylation sites (tertiary alicyclic amines) is 1. The first kappa shape index (κ1) is 22.5. The molecule has 3 heterocycles. The highest BCUT2D eigenvalue weighted by atomic mass is 16.5. The number of hydrogen-bond donors (Lipinski definition) is 3. The number of amides is 3. The molecule has 0 radical (unpaired) electrons. The number of hydrogen-bond acceptors (Lipinski definition) is 5. The predicted molar refractivity (Wildman–Crippen MR) is 114 cm³/mol. The third-order valence-corrected chi connectivity index (χ3v) is 7.87. The van der Waals surface area contributed by atoms with Gasteiger partial charge in [-0.05, 0) is 38.5 Å². The van der Waals surface area contributed by atoms with Gasteiger partial charge in [0.2, 0.25) is 17.7 Å². The van der Waals surface area contributed by atoms with E-state index in [2.05, 4.69) is 10.6 Å². The number of carbonyl (C=O) groups excluding carboxylic acids is 3. The molecule has 1 saturated carbocycles. The van der Waals surface area contributed by atoms with Gasteiger partial charge in [0.25, 0.3) is 0 Å². The molecule has 4 aliphatic rings. The highest BCUT2D eigenvalue weighted by Gasteiger charge is 2.75. The zero-order valence-corrected chi connectivity index (χ0v) is 18.8. The summed E-state index contributed by atoms with van der Waals surface area (Å²) in [5.41, 5.74) is -0.975. The molecule has 3 amide bonds. The number of fused-ring (bicyclic) bond motifs is 1. The quantitative estimate of drug-likeness (QED) is 0.529. The molecule has 0 aromatic rings. The summed E-state index contributed by atoms with van der Waals surface area (Å²) in [4.78, 5) is 41.8. The second kappa shape index (κ2) is 9.06. The van der Waals surface area contributed by atoms with E-state index in [0.717, 1.165) is 32.1 Å². The first-order chi connectivity index (χ1) is 15.0. The van der Waals surface area contributed by atoms with Gasteiger partial charge in [0.15, 0.2) is 0 Å². The fourth-order valence-electron chi connectivity index (χ4n) is 6.39. The van der Waals surface area contributed by atoms with Crippen molar-refractivity contribution in [1.82, 2.24) is 15.5 Å². The minimum Gasteiger partial charge on any atom is -0.394 e. The molecular formula is C23H37N3O5. The van der Waals surface area contributed by atoms with Crippen LogP contribution in [0.4, 0.5) is 0 Å². The maximum atomic E-state index is 13.7. The Morgan fingerprint density at radius 2 is 1.94 bits per heavy atom. The molecule has 4 fully saturated rings. The van der Waals surface area contributed by atoms with Crippen LogP contribution in [0.1, 0.15) is 71.6 Å². The molecule has 0 aromatic heterocycles. The van der Waals surface area contributed by atoms with E-state index in [0.29, 0.717) is 25.8 Å². The highest BCUT2D eigenvalue weighted by molar-refractivity contribution is 5.99. The zero-order chi connectivity index (χ0) is 22.2. The molecule has 4 rings (SSSR count). The van der Waals surface area contributed by atoms with Crippen LogP contribution in [0, 0.1) is 11.8 Å². The Balaban J connectivity index is 1.65. The van der Waals surface area contributed by atoms with Gasteiger partial charge in [-0.3, -0.25) is 14.4 Å². The summed E-state index contributed by atoms with van der Waals surface area (Å²) < 4.78 is 6.39. The summed E-state index contributed by atoms with van der Waals surface area (Å²) in [5.74, 6) is -1.80. The number of aliphatic hydroxyl groups excluding tert-OH is 1. The van der Waals surface area contributed by atoms with Crippen LogP contribution >= 0.6 is 0 Å². The summed E-state index contributed by atoms with van der Waals surface area (Å²) in [6.45, 7) is 4.23. The molecule has 174 valence electrons. The third kappa shape index (κ3) is 3.65. The first-order valence-corrected chi connectivity index (χ1v) is 12.2. The lowest BCUT2D eigenvalue weighted by atomic mass is 9.70. The Labute approximate surface area is 184 Å². The van der Waals surface area contributed by atoms with Crippen LogP contribution < -0.4 is 10.6 Å². The van der Waals surface area contributed by atoms with Crippen molar-refractivity contribution in [3.8, 4) is 0 Å². The summed E-state index contributed by atoms with van der Waals surface area (Å²) in [6.07, 6.45) is 7.57. The Morgan fingerprint density at radius 1 is 1.19 bits per heavy atom. The lowest BCUT2D eigenvalue weighted by Crippen LogP contribution is -2.59. The molecule has 3 saturated heterocycles. The van der Waals surface area contributed by atoms with Crippen molar-refractivity contribution >= 4 is 17.7 Å². The van der Waals surface area contributed by atoms with E-state index < -0.39 is 29.5 Å². The summed E-state index contributed by atoms with van der Waals surface area (Å²) >= 11 is 0. The number of ether oxygens (including phenoxy) is 1. The molecule has 8 heteroatoms. The fraction of sp³-hybridized carbons (Fsp3) is 0.870. The van der Waals surface area contributed by atoms with Crippen LogP contribution in [0.2, 0.25) is 0 Å². The molecule has 2 bridgehead atoms. The van der Waals surface area contributed by atoms with Gasteiger partial charge in [0.1, 0.15) is 11.6 Å². The van der Waals surface area contributed by atoms with Crippen molar-refractivity contribution in [2.75, 3.05) is 13.2 Å². The van der Waals surface area contributed by atoms with Crippen molar-refractivity contribution in [2.24, 2.45) is 11.8 Å². The molecule has 0 aromatic carbocycles. The normalized spacial score (nSPS) is 35.8. The van der Waals surface area contributed by atoms with Crippen LogP contribution in [-0.4, -0.2) is 70.7 Å². The van der Waals surface area contributed by atoms with E-state index in [9.17, 15) is 19.5 Å². The van der Waals surface area contributed by atoms with E-state index >= 15 is 0 Å². The minimum absolute atomic E-state index is 0.116. The number of aliphatic hydroxyl groups is 1. The Kier molecular flexibility index (Phi) is 6.58. The van der Waals surface area contributed by atoms with Gasteiger partial charge >= 0.3 is 0 Å². The Morgan fingerprint density at radius 3 is 2.58 bits per heavy atom. The van der Waals surface area contributed by atoms with Gasteiger partial charge in [-0.15, -0.1) is 0 Å². The van der Waals surface area contributed by atoms with E-state index in [1.165, 1.54) is 6.42 Å². The van der Waals surface area contributed by atoms with E-state index in [1.54, 1.807) is 4.90 Å². The number of nitrogens with one attached hydrogen (secondary N) is 2. The molecule has 1 spiro atoms. The zero-order valence-electron chi connectivity index (χ0n) is 18.8. The van der Waals surface area contributed by atoms with Gasteiger partial charge in [-0.2, -0.15) is 0 Å². The number of carbonyl (C=O) groups is 3. The van der Waals surface area contributed by atoms with Crippen LogP contribution in [0.15, 0.2) is 0 Å². The minimum atomic E-state index is -0.975. The van der Waals surface area contributed by atoms with Crippen molar-refractivity contribution < 1.29 is 24.2 Å². The van der Waals surface area contributed by atoms with Crippen molar-refractivity contribution in [3.05, 3.63) is 0 Å². The molecule has 8 nitrogen and oxygen atoms in total. The number of nitrogens with zero attached hydrogens (tertiary/aromatic N) is 1. The third-order valence-electron chi connectivity index (χ3n) is 7.87. The summed E-state index contributed by atoms with van der Waals surface area (Å²) in [5, 5.41) is 16.1. The Bertz CT molecular complexity index is 705. The average Bonchev–Trinajstić information content (AvgIpc) is 3.41. The maximum absolute atomic E-state index is 13.7. The molecule has 3 N–H and O–H groups in total. The van der Waals surface area contributed by atoms with Gasteiger partial charge in [-0.25, -0.2) is 0 Å². The lowest BCUT2D eigenvalue weighted by Gasteiger charge is -2.37. The van der Waals surface area contributed by atoms with E-state index in [-0.39, 0.29) is 36.5 Å². The monoisotopic (exact) mass is 435 g/mol. The van der Waals surface area contributed by atoms with Crippen LogP contribution in [-0.2, 0) is 19.1 Å². The van der Waals surface area contributed by atoms with E-state index in [1.807, 2.05) is 13.8 Å². The molecule has 6 atom stereocenters. The average molecular weight is 436 g/mol. The Hall–Kier alpha value is -1.67. The molecule has 1 aliphatic carbocycles. The highest BCUT2D eigenvalue weighted by Crippen LogP contribution is 2.58. The predicted octanol–water partition coefficient (Wildman–Crippen LogP) is 1.11. The van der Waals surface area contributed by atoms with Gasteiger partial charge < -0.3 is 25.4 Å². The first-order valence-electron chi connectivity index (χ1n) is 12.2. The summed E-state index contributed by atoms with van der Waals surface area (Å²) in [6, 6.07) is -1.14. The summed E-state index contributed by atoms with van der Waals surface area (Å²) in [7, 11) is 0. The molecule has 2 unspecified atom stereocenters. The molecule has 31 heavy (non-hydrogen) atoms.